The molecule has 1 aliphatic rings. The van der Waals surface area contributed by atoms with Gasteiger partial charge in [0.1, 0.15) is 0 Å². The van der Waals surface area contributed by atoms with Gasteiger partial charge in [0.05, 0.1) is 30.5 Å². The van der Waals surface area contributed by atoms with Gasteiger partial charge in [0.2, 0.25) is 0 Å². The summed E-state index contributed by atoms with van der Waals surface area (Å²) < 4.78 is 6.68. The second kappa shape index (κ2) is 10.6. The molecule has 0 radical (unpaired) electrons. The topological polar surface area (TPSA) is 67.7 Å². The van der Waals surface area contributed by atoms with E-state index < -0.39 is 0 Å². The van der Waals surface area contributed by atoms with Crippen molar-refractivity contribution in [3.05, 3.63) is 47.2 Å². The average Bonchev–Trinajstić information content (AvgIpc) is 3.40. The van der Waals surface area contributed by atoms with Crippen LogP contribution in [0.15, 0.2) is 36.7 Å². The Morgan fingerprint density at radius 2 is 2.17 bits per heavy atom. The predicted octanol–water partition coefficient (Wildman–Crippen LogP) is 3.41. The van der Waals surface area contributed by atoms with Crippen LogP contribution in [0.2, 0.25) is 5.02 Å². The van der Waals surface area contributed by atoms with Gasteiger partial charge in [0.15, 0.2) is 0 Å². The quantitative estimate of drug-likeness (QED) is 0.568. The van der Waals surface area contributed by atoms with E-state index in [4.69, 9.17) is 16.3 Å². The van der Waals surface area contributed by atoms with Crippen molar-refractivity contribution in [2.24, 2.45) is 0 Å². The summed E-state index contributed by atoms with van der Waals surface area (Å²) in [5, 5.41) is 4.93. The number of likely N-dealkylation sites (N-methyl/N-ethyl adjacent to an activating group) is 1. The number of rotatable bonds is 9. The fourth-order valence-electron chi connectivity index (χ4n) is 3.88. The molecule has 8 heteroatoms. The Balaban J connectivity index is 1.76. The molecule has 2 aromatic rings. The first-order chi connectivity index (χ1) is 14.5. The highest BCUT2D eigenvalue weighted by molar-refractivity contribution is 6.30. The average molecular weight is 433 g/mol. The van der Waals surface area contributed by atoms with Crippen molar-refractivity contribution < 1.29 is 14.3 Å². The van der Waals surface area contributed by atoms with E-state index in [1.165, 1.54) is 0 Å². The molecule has 1 unspecified atom stereocenters. The summed E-state index contributed by atoms with van der Waals surface area (Å²) in [6.45, 7) is 7.18. The number of amides is 1. The Bertz CT molecular complexity index is 870. The largest absolute Gasteiger partial charge is 0.466 e. The van der Waals surface area contributed by atoms with E-state index in [9.17, 15) is 9.59 Å². The van der Waals surface area contributed by atoms with E-state index in [0.29, 0.717) is 36.3 Å². The lowest BCUT2D eigenvalue weighted by atomic mass is 10.1. The number of aromatic nitrogens is 2. The molecular weight excluding hydrogens is 404 g/mol. The SMILES string of the molecule is CCOC(=O)CCN(CC1CCCN1CC)C(=O)c1cnn(-c2cccc(Cl)c2)c1. The fraction of sp³-hybridized carbons (Fsp3) is 0.500. The number of nitrogens with zero attached hydrogens (tertiary/aromatic N) is 4. The zero-order valence-electron chi connectivity index (χ0n) is 17.6. The van der Waals surface area contributed by atoms with Gasteiger partial charge in [-0.2, -0.15) is 5.10 Å². The number of ether oxygens (including phenoxy) is 1. The monoisotopic (exact) mass is 432 g/mol. The van der Waals surface area contributed by atoms with E-state index in [0.717, 1.165) is 31.6 Å². The first-order valence-corrected chi connectivity index (χ1v) is 10.9. The second-order valence-corrected chi connectivity index (χ2v) is 7.82. The molecule has 7 nitrogen and oxygen atoms in total. The van der Waals surface area contributed by atoms with Crippen molar-refractivity contribution in [2.75, 3.05) is 32.8 Å². The Hall–Kier alpha value is -2.38. The van der Waals surface area contributed by atoms with Crippen LogP contribution in [-0.4, -0.2) is 70.3 Å². The first-order valence-electron chi connectivity index (χ1n) is 10.5. The van der Waals surface area contributed by atoms with Crippen molar-refractivity contribution in [1.82, 2.24) is 19.6 Å². The maximum absolute atomic E-state index is 13.3. The van der Waals surface area contributed by atoms with Gasteiger partial charge in [-0.05, 0) is 51.1 Å². The summed E-state index contributed by atoms with van der Waals surface area (Å²) in [7, 11) is 0. The first kappa shape index (κ1) is 22.3. The van der Waals surface area contributed by atoms with E-state index in [1.807, 2.05) is 12.1 Å². The van der Waals surface area contributed by atoms with Crippen LogP contribution in [0.1, 0.15) is 43.5 Å². The lowest BCUT2D eigenvalue weighted by molar-refractivity contribution is -0.143. The van der Waals surface area contributed by atoms with Crippen LogP contribution in [0.5, 0.6) is 0 Å². The normalized spacial score (nSPS) is 16.6. The Morgan fingerprint density at radius 3 is 2.90 bits per heavy atom. The standard InChI is InChI=1S/C22H29ClN4O3/c1-3-25-11-6-9-20(25)16-26(12-10-21(28)30-4-2)22(29)17-14-24-27(15-17)19-8-5-7-18(23)13-19/h5,7-8,13-15,20H,3-4,6,9-12,16H2,1-2H3. The molecule has 2 heterocycles. The van der Waals surface area contributed by atoms with Gasteiger partial charge in [-0.1, -0.05) is 24.6 Å². The number of likely N-dealkylation sites (tertiary alicyclic amines) is 1. The summed E-state index contributed by atoms with van der Waals surface area (Å²) in [6.07, 6.45) is 5.63. The molecule has 0 N–H and O–H groups in total. The molecule has 30 heavy (non-hydrogen) atoms. The lowest BCUT2D eigenvalue weighted by Gasteiger charge is -2.30. The predicted molar refractivity (Wildman–Crippen MR) is 116 cm³/mol. The molecule has 1 amide bonds. The number of hydrogen-bond donors (Lipinski definition) is 0. The molecule has 162 valence electrons. The summed E-state index contributed by atoms with van der Waals surface area (Å²) >= 11 is 6.07. The van der Waals surface area contributed by atoms with Crippen LogP contribution in [0, 0.1) is 0 Å². The minimum atomic E-state index is -0.288. The molecule has 0 spiro atoms. The molecule has 3 rings (SSSR count). The van der Waals surface area contributed by atoms with E-state index in [2.05, 4.69) is 16.9 Å². The zero-order chi connectivity index (χ0) is 21.5. The third-order valence-corrected chi connectivity index (χ3v) is 5.65. The van der Waals surface area contributed by atoms with Gasteiger partial charge >= 0.3 is 5.97 Å². The lowest BCUT2D eigenvalue weighted by Crippen LogP contribution is -2.43. The van der Waals surface area contributed by atoms with Gasteiger partial charge in [-0.3, -0.25) is 14.5 Å². The Morgan fingerprint density at radius 1 is 1.33 bits per heavy atom. The van der Waals surface area contributed by atoms with Crippen molar-refractivity contribution in [2.45, 2.75) is 39.2 Å². The van der Waals surface area contributed by atoms with E-state index in [1.54, 1.807) is 41.0 Å². The van der Waals surface area contributed by atoms with Crippen LogP contribution in [-0.2, 0) is 9.53 Å². The summed E-state index contributed by atoms with van der Waals surface area (Å²) in [4.78, 5) is 29.3. The molecule has 1 aromatic carbocycles. The number of halogens is 1. The zero-order valence-corrected chi connectivity index (χ0v) is 18.3. The van der Waals surface area contributed by atoms with E-state index in [-0.39, 0.29) is 18.3 Å². The van der Waals surface area contributed by atoms with Crippen molar-refractivity contribution in [3.8, 4) is 5.69 Å². The van der Waals surface area contributed by atoms with Crippen LogP contribution in [0.4, 0.5) is 0 Å². The molecular formula is C22H29ClN4O3. The summed E-state index contributed by atoms with van der Waals surface area (Å²) in [6, 6.07) is 7.61. The van der Waals surface area contributed by atoms with Crippen LogP contribution in [0.25, 0.3) is 5.69 Å². The summed E-state index contributed by atoms with van der Waals surface area (Å²) in [5.74, 6) is -0.417. The second-order valence-electron chi connectivity index (χ2n) is 7.38. The smallest absolute Gasteiger partial charge is 0.307 e. The summed E-state index contributed by atoms with van der Waals surface area (Å²) in [5.41, 5.74) is 1.27. The van der Waals surface area contributed by atoms with Gasteiger partial charge in [0, 0.05) is 30.4 Å². The number of benzene rings is 1. The van der Waals surface area contributed by atoms with Gasteiger partial charge in [-0.25, -0.2) is 4.68 Å². The molecule has 1 atom stereocenters. The maximum atomic E-state index is 13.3. The minimum Gasteiger partial charge on any atom is -0.466 e. The van der Waals surface area contributed by atoms with Crippen LogP contribution >= 0.6 is 11.6 Å². The van der Waals surface area contributed by atoms with E-state index >= 15 is 0 Å². The molecule has 1 aliphatic heterocycles. The number of hydrogen-bond acceptors (Lipinski definition) is 5. The molecule has 0 bridgehead atoms. The Labute approximate surface area is 182 Å². The Kier molecular flexibility index (Phi) is 7.87. The number of esters is 1. The highest BCUT2D eigenvalue weighted by atomic mass is 35.5. The van der Waals surface area contributed by atoms with Crippen molar-refractivity contribution in [3.63, 3.8) is 0 Å². The third-order valence-electron chi connectivity index (χ3n) is 5.42. The van der Waals surface area contributed by atoms with Crippen LogP contribution < -0.4 is 0 Å². The molecule has 0 aliphatic carbocycles. The number of carbonyl (C=O) groups is 2. The molecule has 1 fully saturated rings. The maximum Gasteiger partial charge on any atom is 0.307 e. The highest BCUT2D eigenvalue weighted by Crippen LogP contribution is 2.20. The van der Waals surface area contributed by atoms with Gasteiger partial charge < -0.3 is 9.64 Å². The van der Waals surface area contributed by atoms with Crippen molar-refractivity contribution in [1.29, 1.82) is 0 Å². The molecule has 0 saturated carbocycles. The third kappa shape index (κ3) is 5.61. The van der Waals surface area contributed by atoms with Gasteiger partial charge in [0.25, 0.3) is 5.91 Å². The molecule has 1 saturated heterocycles. The number of carbonyl (C=O) groups excluding carboxylic acids is 2. The van der Waals surface area contributed by atoms with Crippen molar-refractivity contribution >= 4 is 23.5 Å². The van der Waals surface area contributed by atoms with Gasteiger partial charge in [-0.15, -0.1) is 0 Å². The highest BCUT2D eigenvalue weighted by Gasteiger charge is 2.28. The van der Waals surface area contributed by atoms with Crippen LogP contribution in [0.3, 0.4) is 0 Å². The fourth-order valence-corrected chi connectivity index (χ4v) is 4.07. The molecule has 1 aromatic heterocycles. The minimum absolute atomic E-state index is 0.129.